The molecule has 0 saturated carbocycles. The summed E-state index contributed by atoms with van der Waals surface area (Å²) in [5.74, 6) is 0.899. The van der Waals surface area contributed by atoms with Crippen LogP contribution in [-0.4, -0.2) is 36.4 Å². The minimum Gasteiger partial charge on any atom is -0.381 e. The van der Waals surface area contributed by atoms with Gasteiger partial charge in [-0.15, -0.1) is 0 Å². The van der Waals surface area contributed by atoms with Crippen molar-refractivity contribution in [1.82, 2.24) is 10.1 Å². The van der Waals surface area contributed by atoms with Crippen LogP contribution in [0.3, 0.4) is 0 Å². The van der Waals surface area contributed by atoms with E-state index in [9.17, 15) is 0 Å². The second-order valence-corrected chi connectivity index (χ2v) is 4.20. The molecule has 5 heteroatoms. The fourth-order valence-corrected chi connectivity index (χ4v) is 2.05. The van der Waals surface area contributed by atoms with Gasteiger partial charge in [0.15, 0.2) is 5.76 Å². The van der Waals surface area contributed by atoms with Crippen molar-refractivity contribution in [2.45, 2.75) is 32.0 Å². The highest BCUT2D eigenvalue weighted by molar-refractivity contribution is 5.04. The molecular weight excluding hydrogens is 206 g/mol. The average Bonchev–Trinajstić information content (AvgIpc) is 2.78. The third kappa shape index (κ3) is 2.81. The first kappa shape index (κ1) is 11.6. The van der Waals surface area contributed by atoms with Gasteiger partial charge in [-0.05, 0) is 12.8 Å². The molecule has 5 nitrogen and oxygen atoms in total. The number of rotatable bonds is 4. The van der Waals surface area contributed by atoms with E-state index in [1.165, 1.54) is 0 Å². The van der Waals surface area contributed by atoms with E-state index in [1.54, 1.807) is 7.11 Å². The summed E-state index contributed by atoms with van der Waals surface area (Å²) in [5, 5.41) is 3.88. The molecule has 90 valence electrons. The van der Waals surface area contributed by atoms with E-state index in [4.69, 9.17) is 15.0 Å². The molecule has 0 radical (unpaired) electrons. The normalized spacial score (nSPS) is 19.1. The van der Waals surface area contributed by atoms with Gasteiger partial charge < -0.3 is 15.0 Å². The molecule has 2 heterocycles. The van der Waals surface area contributed by atoms with Gasteiger partial charge in [0.25, 0.3) is 0 Å². The lowest BCUT2D eigenvalue weighted by Crippen LogP contribution is -2.36. The largest absolute Gasteiger partial charge is 0.381 e. The first-order chi connectivity index (χ1) is 7.81. The molecule has 2 rings (SSSR count). The van der Waals surface area contributed by atoms with E-state index < -0.39 is 0 Å². The van der Waals surface area contributed by atoms with Crippen LogP contribution in [0, 0.1) is 0 Å². The number of ether oxygens (including phenoxy) is 1. The Morgan fingerprint density at radius 2 is 2.31 bits per heavy atom. The maximum Gasteiger partial charge on any atom is 0.151 e. The number of hydrogen-bond donors (Lipinski definition) is 1. The van der Waals surface area contributed by atoms with Crippen LogP contribution in [0.4, 0.5) is 0 Å². The summed E-state index contributed by atoms with van der Waals surface area (Å²) >= 11 is 0. The molecular formula is C11H19N3O2. The Kier molecular flexibility index (Phi) is 3.93. The second kappa shape index (κ2) is 5.43. The van der Waals surface area contributed by atoms with Crippen molar-refractivity contribution in [3.8, 4) is 0 Å². The molecule has 1 aromatic rings. The molecule has 0 aromatic carbocycles. The molecule has 2 N–H and O–H groups in total. The topological polar surface area (TPSA) is 64.5 Å². The number of nitrogens with two attached hydrogens (primary N) is 1. The molecule has 1 aliphatic rings. The van der Waals surface area contributed by atoms with Crippen molar-refractivity contribution in [3.63, 3.8) is 0 Å². The Morgan fingerprint density at radius 3 is 2.88 bits per heavy atom. The van der Waals surface area contributed by atoms with Crippen LogP contribution in [0.2, 0.25) is 0 Å². The fourth-order valence-electron chi connectivity index (χ4n) is 2.05. The molecule has 0 bridgehead atoms. The van der Waals surface area contributed by atoms with E-state index in [-0.39, 0.29) is 0 Å². The van der Waals surface area contributed by atoms with Gasteiger partial charge in [-0.2, -0.15) is 0 Å². The SMILES string of the molecule is COC1CCN(Cc2cc(CN)no2)CC1. The molecule has 1 aliphatic heterocycles. The Balaban J connectivity index is 1.82. The third-order valence-electron chi connectivity index (χ3n) is 3.06. The number of hydrogen-bond acceptors (Lipinski definition) is 5. The van der Waals surface area contributed by atoms with Crippen molar-refractivity contribution in [2.75, 3.05) is 20.2 Å². The average molecular weight is 225 g/mol. The maximum atomic E-state index is 5.48. The van der Waals surface area contributed by atoms with Crippen LogP contribution < -0.4 is 5.73 Å². The first-order valence-corrected chi connectivity index (χ1v) is 5.71. The lowest BCUT2D eigenvalue weighted by atomic mass is 10.1. The van der Waals surface area contributed by atoms with Crippen LogP contribution >= 0.6 is 0 Å². The van der Waals surface area contributed by atoms with E-state index in [0.29, 0.717) is 12.6 Å². The van der Waals surface area contributed by atoms with Gasteiger partial charge in [0.05, 0.1) is 18.3 Å². The molecule has 0 aliphatic carbocycles. The molecule has 16 heavy (non-hydrogen) atoms. The lowest BCUT2D eigenvalue weighted by Gasteiger charge is -2.30. The second-order valence-electron chi connectivity index (χ2n) is 4.20. The molecule has 0 atom stereocenters. The molecule has 0 spiro atoms. The number of nitrogens with zero attached hydrogens (tertiary/aromatic N) is 2. The summed E-state index contributed by atoms with van der Waals surface area (Å²) in [6, 6.07) is 1.93. The number of likely N-dealkylation sites (tertiary alicyclic amines) is 1. The van der Waals surface area contributed by atoms with Crippen molar-refractivity contribution >= 4 is 0 Å². The molecule has 1 fully saturated rings. The minimum atomic E-state index is 0.422. The van der Waals surface area contributed by atoms with Crippen LogP contribution in [0.25, 0.3) is 0 Å². The predicted octanol–water partition coefficient (Wildman–Crippen LogP) is 0.744. The monoisotopic (exact) mass is 225 g/mol. The van der Waals surface area contributed by atoms with Crippen molar-refractivity contribution in [2.24, 2.45) is 5.73 Å². The molecule has 0 unspecified atom stereocenters. The van der Waals surface area contributed by atoms with Crippen LogP contribution in [-0.2, 0) is 17.8 Å². The summed E-state index contributed by atoms with van der Waals surface area (Å²) in [6.45, 7) is 3.37. The third-order valence-corrected chi connectivity index (χ3v) is 3.06. The van der Waals surface area contributed by atoms with Crippen LogP contribution in [0.5, 0.6) is 0 Å². The molecule has 1 saturated heterocycles. The quantitative estimate of drug-likeness (QED) is 0.819. The predicted molar refractivity (Wildman–Crippen MR) is 59.7 cm³/mol. The lowest BCUT2D eigenvalue weighted by molar-refractivity contribution is 0.0364. The van der Waals surface area contributed by atoms with E-state index >= 15 is 0 Å². The zero-order valence-corrected chi connectivity index (χ0v) is 9.69. The van der Waals surface area contributed by atoms with Gasteiger partial charge in [0.1, 0.15) is 0 Å². The van der Waals surface area contributed by atoms with Crippen molar-refractivity contribution in [3.05, 3.63) is 17.5 Å². The Labute approximate surface area is 95.5 Å². The summed E-state index contributed by atoms with van der Waals surface area (Å²) < 4.78 is 10.5. The molecule has 0 amide bonds. The van der Waals surface area contributed by atoms with E-state index in [2.05, 4.69) is 10.1 Å². The summed E-state index contributed by atoms with van der Waals surface area (Å²) in [4.78, 5) is 2.36. The Bertz CT molecular complexity index is 319. The maximum absolute atomic E-state index is 5.48. The smallest absolute Gasteiger partial charge is 0.151 e. The number of methoxy groups -OCH3 is 1. The minimum absolute atomic E-state index is 0.422. The number of piperidine rings is 1. The van der Waals surface area contributed by atoms with Crippen molar-refractivity contribution in [1.29, 1.82) is 0 Å². The van der Waals surface area contributed by atoms with Gasteiger partial charge in [0, 0.05) is 32.8 Å². The highest BCUT2D eigenvalue weighted by Gasteiger charge is 2.19. The van der Waals surface area contributed by atoms with Gasteiger partial charge >= 0.3 is 0 Å². The standard InChI is InChI=1S/C11H19N3O2/c1-15-10-2-4-14(5-3-10)8-11-6-9(7-12)13-16-11/h6,10H,2-5,7-8,12H2,1H3. The van der Waals surface area contributed by atoms with Crippen molar-refractivity contribution < 1.29 is 9.26 Å². The van der Waals surface area contributed by atoms with Gasteiger partial charge in [0.2, 0.25) is 0 Å². The van der Waals surface area contributed by atoms with Crippen LogP contribution in [0.15, 0.2) is 10.6 Å². The highest BCUT2D eigenvalue weighted by Crippen LogP contribution is 2.15. The highest BCUT2D eigenvalue weighted by atomic mass is 16.5. The Morgan fingerprint density at radius 1 is 1.56 bits per heavy atom. The number of aromatic nitrogens is 1. The van der Waals surface area contributed by atoms with Gasteiger partial charge in [-0.3, -0.25) is 4.90 Å². The zero-order valence-electron chi connectivity index (χ0n) is 9.69. The zero-order chi connectivity index (χ0) is 11.4. The van der Waals surface area contributed by atoms with E-state index in [0.717, 1.165) is 43.9 Å². The summed E-state index contributed by atoms with van der Waals surface area (Å²) in [5.41, 5.74) is 6.30. The van der Waals surface area contributed by atoms with Gasteiger partial charge in [-0.25, -0.2) is 0 Å². The Hall–Kier alpha value is -0.910. The first-order valence-electron chi connectivity index (χ1n) is 5.71. The van der Waals surface area contributed by atoms with Crippen LogP contribution in [0.1, 0.15) is 24.3 Å². The molecule has 1 aromatic heterocycles. The van der Waals surface area contributed by atoms with E-state index in [1.807, 2.05) is 6.07 Å². The summed E-state index contributed by atoms with van der Waals surface area (Å²) in [6.07, 6.45) is 2.61. The van der Waals surface area contributed by atoms with Gasteiger partial charge in [-0.1, -0.05) is 5.16 Å². The fraction of sp³-hybridized carbons (Fsp3) is 0.727. The summed E-state index contributed by atoms with van der Waals surface area (Å²) in [7, 11) is 1.78.